The lowest BCUT2D eigenvalue weighted by Crippen LogP contribution is -2.78. The average Bonchev–Trinajstić information content (AvgIpc) is 2.07. The molecule has 4 N–H and O–H groups in total. The molecule has 6 nitrogen and oxygen atoms in total. The first-order valence-corrected chi connectivity index (χ1v) is 3.61. The maximum atomic E-state index is 9.29. The highest BCUT2D eigenvalue weighted by Gasteiger charge is 2.65. The van der Waals surface area contributed by atoms with Crippen LogP contribution < -0.4 is 0 Å². The second kappa shape index (κ2) is 2.38. The standard InChI is InChI=1S/C6H10O6/c7-1-6-4(9)3(11-6)2(8)5(10)12-6/h2-5,7-10H,1H2/t2-,3?,4+,5-,6?/m0/s1. The van der Waals surface area contributed by atoms with Gasteiger partial charge in [0.2, 0.25) is 5.79 Å². The summed E-state index contributed by atoms with van der Waals surface area (Å²) in [6.45, 7) is -0.547. The zero-order chi connectivity index (χ0) is 8.93. The van der Waals surface area contributed by atoms with Crippen LogP contribution >= 0.6 is 0 Å². The SMILES string of the molecule is OCC12OC([C@H]1O)[C@H](O)[C@@H](O)O2. The van der Waals surface area contributed by atoms with Crippen LogP contribution in [0.2, 0.25) is 0 Å². The number of hydrogen-bond acceptors (Lipinski definition) is 6. The second-order valence-corrected chi connectivity index (χ2v) is 3.00. The highest BCUT2D eigenvalue weighted by Crippen LogP contribution is 2.42. The van der Waals surface area contributed by atoms with Crippen LogP contribution in [0.3, 0.4) is 0 Å². The molecule has 12 heavy (non-hydrogen) atoms. The summed E-state index contributed by atoms with van der Waals surface area (Å²) in [4.78, 5) is 0. The molecular formula is C6H10O6. The Kier molecular flexibility index (Phi) is 1.66. The zero-order valence-electron chi connectivity index (χ0n) is 6.12. The quantitative estimate of drug-likeness (QED) is 0.345. The third kappa shape index (κ3) is 0.792. The van der Waals surface area contributed by atoms with Crippen molar-refractivity contribution in [2.45, 2.75) is 30.4 Å². The van der Waals surface area contributed by atoms with Crippen molar-refractivity contribution in [3.8, 4) is 0 Å². The molecule has 3 saturated heterocycles. The van der Waals surface area contributed by atoms with Crippen molar-refractivity contribution in [2.75, 3.05) is 6.61 Å². The van der Waals surface area contributed by atoms with Gasteiger partial charge in [0.25, 0.3) is 0 Å². The fourth-order valence-electron chi connectivity index (χ4n) is 1.50. The number of rotatable bonds is 1. The molecule has 6 heteroatoms. The van der Waals surface area contributed by atoms with Gasteiger partial charge in [0, 0.05) is 0 Å². The van der Waals surface area contributed by atoms with E-state index in [2.05, 4.69) is 0 Å². The van der Waals surface area contributed by atoms with E-state index in [1.165, 1.54) is 0 Å². The Morgan fingerprint density at radius 3 is 2.33 bits per heavy atom. The van der Waals surface area contributed by atoms with Gasteiger partial charge in [-0.2, -0.15) is 0 Å². The van der Waals surface area contributed by atoms with E-state index in [-0.39, 0.29) is 0 Å². The molecule has 0 saturated carbocycles. The van der Waals surface area contributed by atoms with Crippen molar-refractivity contribution in [1.29, 1.82) is 0 Å². The summed E-state index contributed by atoms with van der Waals surface area (Å²) in [5.41, 5.74) is 0. The van der Waals surface area contributed by atoms with Crippen LogP contribution in [-0.2, 0) is 9.47 Å². The Balaban J connectivity index is 2.15. The molecule has 0 aromatic heterocycles. The molecule has 2 bridgehead atoms. The van der Waals surface area contributed by atoms with Gasteiger partial charge in [-0.25, -0.2) is 0 Å². The summed E-state index contributed by atoms with van der Waals surface area (Å²) in [5, 5.41) is 36.2. The van der Waals surface area contributed by atoms with E-state index in [1.54, 1.807) is 0 Å². The summed E-state index contributed by atoms with van der Waals surface area (Å²) < 4.78 is 9.57. The molecular weight excluding hydrogens is 168 g/mol. The van der Waals surface area contributed by atoms with E-state index in [0.29, 0.717) is 0 Å². The Labute approximate surface area is 68.0 Å². The highest BCUT2D eigenvalue weighted by atomic mass is 16.8. The number of ether oxygens (including phenoxy) is 2. The van der Waals surface area contributed by atoms with Crippen molar-refractivity contribution in [3.05, 3.63) is 0 Å². The van der Waals surface area contributed by atoms with E-state index in [4.69, 9.17) is 24.8 Å². The van der Waals surface area contributed by atoms with Gasteiger partial charge in [0.15, 0.2) is 6.29 Å². The van der Waals surface area contributed by atoms with Crippen LogP contribution in [-0.4, -0.2) is 57.4 Å². The largest absolute Gasteiger partial charge is 0.391 e. The molecule has 0 aromatic rings. The van der Waals surface area contributed by atoms with Crippen molar-refractivity contribution < 1.29 is 29.9 Å². The van der Waals surface area contributed by atoms with E-state index < -0.39 is 37.0 Å². The predicted octanol–water partition coefficient (Wildman–Crippen LogP) is -2.86. The van der Waals surface area contributed by atoms with Crippen molar-refractivity contribution in [2.24, 2.45) is 0 Å². The van der Waals surface area contributed by atoms with Gasteiger partial charge >= 0.3 is 0 Å². The van der Waals surface area contributed by atoms with Crippen LogP contribution in [0.25, 0.3) is 0 Å². The van der Waals surface area contributed by atoms with E-state index in [9.17, 15) is 5.11 Å². The molecule has 0 spiro atoms. The van der Waals surface area contributed by atoms with Gasteiger partial charge in [-0.3, -0.25) is 0 Å². The van der Waals surface area contributed by atoms with E-state index >= 15 is 0 Å². The predicted molar refractivity (Wildman–Crippen MR) is 33.8 cm³/mol. The molecule has 5 atom stereocenters. The molecule has 0 aliphatic carbocycles. The molecule has 0 aromatic carbocycles. The molecule has 0 radical (unpaired) electrons. The lowest BCUT2D eigenvalue weighted by Gasteiger charge is -2.57. The lowest BCUT2D eigenvalue weighted by atomic mass is 9.89. The Morgan fingerprint density at radius 2 is 1.83 bits per heavy atom. The first-order valence-electron chi connectivity index (χ1n) is 3.61. The summed E-state index contributed by atoms with van der Waals surface area (Å²) >= 11 is 0. The molecule has 3 rings (SSSR count). The Bertz CT molecular complexity index is 196. The van der Waals surface area contributed by atoms with Gasteiger partial charge in [0.1, 0.15) is 24.9 Å². The van der Waals surface area contributed by atoms with Gasteiger partial charge in [-0.05, 0) is 0 Å². The average molecular weight is 178 g/mol. The highest BCUT2D eigenvalue weighted by molar-refractivity contribution is 5.04. The monoisotopic (exact) mass is 178 g/mol. The maximum absolute atomic E-state index is 9.29. The van der Waals surface area contributed by atoms with Crippen molar-refractivity contribution in [1.82, 2.24) is 0 Å². The van der Waals surface area contributed by atoms with Crippen molar-refractivity contribution >= 4 is 0 Å². The molecule has 70 valence electrons. The number of fused-ring (bicyclic) bond motifs is 2. The fourth-order valence-corrected chi connectivity index (χ4v) is 1.50. The second-order valence-electron chi connectivity index (χ2n) is 3.00. The minimum Gasteiger partial charge on any atom is -0.391 e. The zero-order valence-corrected chi connectivity index (χ0v) is 6.12. The molecule has 3 fully saturated rings. The molecule has 2 unspecified atom stereocenters. The van der Waals surface area contributed by atoms with Crippen LogP contribution in [0.5, 0.6) is 0 Å². The molecule has 0 amide bonds. The minimum atomic E-state index is -1.52. The molecule has 3 heterocycles. The minimum absolute atomic E-state index is 0.547. The molecule has 3 aliphatic heterocycles. The van der Waals surface area contributed by atoms with Gasteiger partial charge in [-0.15, -0.1) is 0 Å². The van der Waals surface area contributed by atoms with Gasteiger partial charge < -0.3 is 29.9 Å². The van der Waals surface area contributed by atoms with Crippen LogP contribution in [0.1, 0.15) is 0 Å². The fraction of sp³-hybridized carbons (Fsp3) is 1.00. The number of aliphatic hydroxyl groups is 4. The van der Waals surface area contributed by atoms with Gasteiger partial charge in [0.05, 0.1) is 0 Å². The summed E-state index contributed by atoms with van der Waals surface area (Å²) in [6, 6.07) is 0. The topological polar surface area (TPSA) is 99.4 Å². The maximum Gasteiger partial charge on any atom is 0.224 e. The van der Waals surface area contributed by atoms with Crippen LogP contribution in [0, 0.1) is 0 Å². The number of aliphatic hydroxyl groups excluding tert-OH is 4. The number of hydrogen-bond donors (Lipinski definition) is 4. The Morgan fingerprint density at radius 1 is 1.17 bits per heavy atom. The molecule has 3 aliphatic rings. The van der Waals surface area contributed by atoms with Gasteiger partial charge in [-0.1, -0.05) is 0 Å². The third-order valence-corrected chi connectivity index (χ3v) is 2.27. The van der Waals surface area contributed by atoms with Crippen LogP contribution in [0.4, 0.5) is 0 Å². The van der Waals surface area contributed by atoms with Crippen molar-refractivity contribution in [3.63, 3.8) is 0 Å². The van der Waals surface area contributed by atoms with E-state index in [1.807, 2.05) is 0 Å². The first-order chi connectivity index (χ1) is 5.60. The van der Waals surface area contributed by atoms with E-state index in [0.717, 1.165) is 0 Å². The summed E-state index contributed by atoms with van der Waals surface area (Å²) in [7, 11) is 0. The summed E-state index contributed by atoms with van der Waals surface area (Å²) in [6.07, 6.45) is -4.60. The normalized spacial score (nSPS) is 58.0. The smallest absolute Gasteiger partial charge is 0.224 e. The Hall–Kier alpha value is -0.240. The summed E-state index contributed by atoms with van der Waals surface area (Å²) in [5.74, 6) is -1.52. The third-order valence-electron chi connectivity index (χ3n) is 2.27. The first kappa shape index (κ1) is 8.36. The van der Waals surface area contributed by atoms with Crippen LogP contribution in [0.15, 0.2) is 0 Å². The lowest BCUT2D eigenvalue weighted by molar-refractivity contribution is -0.496.